The fraction of sp³-hybridized carbons (Fsp3) is 0.150. The molecule has 2 N–H and O–H groups in total. The zero-order chi connectivity index (χ0) is 18.4. The van der Waals surface area contributed by atoms with Gasteiger partial charge in [0.1, 0.15) is 11.9 Å². The van der Waals surface area contributed by atoms with E-state index in [1.807, 2.05) is 54.8 Å². The molecule has 132 valence electrons. The summed E-state index contributed by atoms with van der Waals surface area (Å²) in [4.78, 5) is 29.9. The molecule has 0 fully saturated rings. The minimum Gasteiger partial charge on any atom is -0.339 e. The van der Waals surface area contributed by atoms with Crippen molar-refractivity contribution in [3.8, 4) is 0 Å². The van der Waals surface area contributed by atoms with Gasteiger partial charge in [-0.2, -0.15) is 0 Å². The van der Waals surface area contributed by atoms with E-state index in [-0.39, 0.29) is 11.8 Å². The van der Waals surface area contributed by atoms with E-state index in [0.717, 1.165) is 11.1 Å². The molecule has 2 amide bonds. The number of hydrogen-bond acceptors (Lipinski definition) is 4. The highest BCUT2D eigenvalue weighted by atomic mass is 32.1. The molecule has 0 saturated carbocycles. The number of carbonyl (C=O) groups excluding carboxylic acids is 2. The van der Waals surface area contributed by atoms with E-state index >= 15 is 0 Å². The molecule has 0 aliphatic heterocycles. The Morgan fingerprint density at radius 1 is 1.08 bits per heavy atom. The second kappa shape index (κ2) is 8.40. The Labute approximate surface area is 156 Å². The van der Waals surface area contributed by atoms with Crippen LogP contribution >= 0.6 is 11.3 Å². The molecular weight excluding hydrogens is 346 g/mol. The molecule has 26 heavy (non-hydrogen) atoms. The van der Waals surface area contributed by atoms with Crippen LogP contribution in [0.2, 0.25) is 0 Å². The second-order valence-corrected chi connectivity index (χ2v) is 6.85. The highest BCUT2D eigenvalue weighted by Crippen LogP contribution is 2.11. The first-order valence-corrected chi connectivity index (χ1v) is 9.11. The van der Waals surface area contributed by atoms with E-state index in [1.54, 1.807) is 18.3 Å². The van der Waals surface area contributed by atoms with Gasteiger partial charge < -0.3 is 10.6 Å². The van der Waals surface area contributed by atoms with Crippen LogP contribution in [0.3, 0.4) is 0 Å². The lowest BCUT2D eigenvalue weighted by Gasteiger charge is -2.18. The number of aromatic nitrogens is 1. The van der Waals surface area contributed by atoms with Crippen molar-refractivity contribution in [2.75, 3.05) is 5.32 Å². The molecule has 3 aromatic rings. The molecule has 0 saturated heterocycles. The topological polar surface area (TPSA) is 71.1 Å². The molecule has 5 nitrogen and oxygen atoms in total. The van der Waals surface area contributed by atoms with Crippen LogP contribution in [0.15, 0.2) is 66.2 Å². The van der Waals surface area contributed by atoms with Gasteiger partial charge in [-0.3, -0.25) is 9.59 Å². The fourth-order valence-electron chi connectivity index (χ4n) is 2.45. The van der Waals surface area contributed by atoms with Crippen molar-refractivity contribution >= 4 is 29.0 Å². The molecule has 0 radical (unpaired) electrons. The predicted octanol–water partition coefficient (Wildman–Crippen LogP) is 3.43. The van der Waals surface area contributed by atoms with Gasteiger partial charge in [0.2, 0.25) is 5.91 Å². The molecule has 1 unspecified atom stereocenters. The fourth-order valence-corrected chi connectivity index (χ4v) is 3.08. The summed E-state index contributed by atoms with van der Waals surface area (Å²) in [6, 6.07) is 16.1. The van der Waals surface area contributed by atoms with E-state index in [1.165, 1.54) is 11.3 Å². The van der Waals surface area contributed by atoms with Gasteiger partial charge in [0.15, 0.2) is 0 Å². The number of pyridine rings is 1. The van der Waals surface area contributed by atoms with Gasteiger partial charge in [-0.15, -0.1) is 11.3 Å². The van der Waals surface area contributed by atoms with Gasteiger partial charge in [-0.25, -0.2) is 4.98 Å². The Morgan fingerprint density at radius 2 is 1.88 bits per heavy atom. The van der Waals surface area contributed by atoms with Gasteiger partial charge in [0.25, 0.3) is 5.91 Å². The molecule has 2 aromatic heterocycles. The average molecular weight is 365 g/mol. The van der Waals surface area contributed by atoms with Crippen LogP contribution in [0.1, 0.15) is 20.8 Å². The van der Waals surface area contributed by atoms with Gasteiger partial charge in [-0.05, 0) is 35.6 Å². The summed E-state index contributed by atoms with van der Waals surface area (Å²) in [7, 11) is 0. The van der Waals surface area contributed by atoms with Crippen molar-refractivity contribution in [2.45, 2.75) is 19.4 Å². The van der Waals surface area contributed by atoms with Crippen molar-refractivity contribution in [2.24, 2.45) is 0 Å². The molecule has 6 heteroatoms. The third-order valence-corrected chi connectivity index (χ3v) is 4.68. The van der Waals surface area contributed by atoms with Crippen molar-refractivity contribution in [1.29, 1.82) is 0 Å². The lowest BCUT2D eigenvalue weighted by molar-refractivity contribution is -0.118. The summed E-state index contributed by atoms with van der Waals surface area (Å²) >= 11 is 1.34. The number of amides is 2. The van der Waals surface area contributed by atoms with Crippen LogP contribution in [0, 0.1) is 6.92 Å². The molecule has 2 heterocycles. The number of benzene rings is 1. The van der Waals surface area contributed by atoms with Gasteiger partial charge in [0, 0.05) is 12.6 Å². The van der Waals surface area contributed by atoms with Crippen LogP contribution < -0.4 is 10.6 Å². The third-order valence-electron chi connectivity index (χ3n) is 3.81. The minimum atomic E-state index is -0.699. The lowest BCUT2D eigenvalue weighted by atomic mass is 10.1. The molecular formula is C20H19N3O2S. The third kappa shape index (κ3) is 4.77. The summed E-state index contributed by atoms with van der Waals surface area (Å²) < 4.78 is 0. The Morgan fingerprint density at radius 3 is 2.54 bits per heavy atom. The molecule has 0 bridgehead atoms. The molecule has 3 rings (SSSR count). The second-order valence-electron chi connectivity index (χ2n) is 5.90. The van der Waals surface area contributed by atoms with Gasteiger partial charge in [0.05, 0.1) is 4.88 Å². The maximum atomic E-state index is 12.7. The Balaban J connectivity index is 1.75. The van der Waals surface area contributed by atoms with E-state index < -0.39 is 6.04 Å². The van der Waals surface area contributed by atoms with Crippen LogP contribution in [0.5, 0.6) is 0 Å². The normalized spacial score (nSPS) is 11.6. The van der Waals surface area contributed by atoms with Crippen molar-refractivity contribution in [3.05, 3.63) is 82.2 Å². The molecule has 0 aliphatic carbocycles. The molecule has 1 aromatic carbocycles. The zero-order valence-corrected chi connectivity index (χ0v) is 15.1. The van der Waals surface area contributed by atoms with E-state index in [2.05, 4.69) is 15.6 Å². The maximum Gasteiger partial charge on any atom is 0.262 e. The number of nitrogens with one attached hydrogen (secondary N) is 2. The van der Waals surface area contributed by atoms with E-state index in [9.17, 15) is 9.59 Å². The highest BCUT2D eigenvalue weighted by molar-refractivity contribution is 7.12. The van der Waals surface area contributed by atoms with Crippen LogP contribution in [-0.2, 0) is 11.2 Å². The first-order valence-electron chi connectivity index (χ1n) is 8.23. The summed E-state index contributed by atoms with van der Waals surface area (Å²) in [5.41, 5.74) is 1.98. The lowest BCUT2D eigenvalue weighted by Crippen LogP contribution is -2.45. The first kappa shape index (κ1) is 17.8. The number of anilines is 1. The Kier molecular flexibility index (Phi) is 5.76. The summed E-state index contributed by atoms with van der Waals surface area (Å²) in [6.45, 7) is 1.93. The monoisotopic (exact) mass is 365 g/mol. The van der Waals surface area contributed by atoms with Crippen LogP contribution in [0.4, 0.5) is 5.82 Å². The average Bonchev–Trinajstić information content (AvgIpc) is 3.19. The van der Waals surface area contributed by atoms with Crippen LogP contribution in [-0.4, -0.2) is 22.8 Å². The number of nitrogens with zero attached hydrogens (tertiary/aromatic N) is 1. The quantitative estimate of drug-likeness (QED) is 0.703. The first-order chi connectivity index (χ1) is 12.6. The number of carbonyl (C=O) groups is 2. The molecule has 0 aliphatic rings. The number of aryl methyl sites for hydroxylation is 1. The SMILES string of the molecule is Cc1ccc(NC(=O)C(Cc2ccccc2)NC(=O)c2cccs2)nc1. The zero-order valence-electron chi connectivity index (χ0n) is 14.3. The van der Waals surface area contributed by atoms with Crippen molar-refractivity contribution in [1.82, 2.24) is 10.3 Å². The minimum absolute atomic E-state index is 0.257. The maximum absolute atomic E-state index is 12.7. The summed E-state index contributed by atoms with van der Waals surface area (Å²) in [5, 5.41) is 7.44. The predicted molar refractivity (Wildman–Crippen MR) is 103 cm³/mol. The number of hydrogen-bond donors (Lipinski definition) is 2. The summed E-state index contributed by atoms with van der Waals surface area (Å²) in [5.74, 6) is -0.0907. The van der Waals surface area contributed by atoms with Gasteiger partial charge in [-0.1, -0.05) is 42.5 Å². The molecule has 0 spiro atoms. The van der Waals surface area contributed by atoms with Crippen molar-refractivity contribution in [3.63, 3.8) is 0 Å². The summed E-state index contributed by atoms with van der Waals surface area (Å²) in [6.07, 6.45) is 2.09. The van der Waals surface area contributed by atoms with E-state index in [4.69, 9.17) is 0 Å². The Hall–Kier alpha value is -2.99. The highest BCUT2D eigenvalue weighted by Gasteiger charge is 2.22. The van der Waals surface area contributed by atoms with Crippen LogP contribution in [0.25, 0.3) is 0 Å². The van der Waals surface area contributed by atoms with Gasteiger partial charge >= 0.3 is 0 Å². The van der Waals surface area contributed by atoms with E-state index in [0.29, 0.717) is 17.1 Å². The number of thiophene rings is 1. The van der Waals surface area contributed by atoms with Crippen molar-refractivity contribution < 1.29 is 9.59 Å². The Bertz CT molecular complexity index is 862. The standard InChI is InChI=1S/C20H19N3O2S/c1-14-9-10-18(21-13-14)23-19(24)16(12-15-6-3-2-4-7-15)22-20(25)17-8-5-11-26-17/h2-11,13,16H,12H2,1H3,(H,22,25)(H,21,23,24). The largest absolute Gasteiger partial charge is 0.339 e. The number of rotatable bonds is 6. The smallest absolute Gasteiger partial charge is 0.262 e. The molecule has 1 atom stereocenters.